The number of allylic oxidation sites excluding steroid dienone is 1. The molecule has 3 N–H and O–H groups in total. The van der Waals surface area contributed by atoms with Crippen LogP contribution in [0.5, 0.6) is 5.88 Å². The zero-order valence-electron chi connectivity index (χ0n) is 35.0. The highest BCUT2D eigenvalue weighted by Crippen LogP contribution is 2.46. The first-order valence-corrected chi connectivity index (χ1v) is 23.4. The van der Waals surface area contributed by atoms with E-state index in [1.165, 1.54) is 4.90 Å². The van der Waals surface area contributed by atoms with Crippen molar-refractivity contribution in [3.63, 3.8) is 0 Å². The Kier molecular flexibility index (Phi) is 11.3. The van der Waals surface area contributed by atoms with Crippen LogP contribution in [-0.4, -0.2) is 103 Å². The number of anilines is 1. The fourth-order valence-electron chi connectivity index (χ4n) is 9.02. The highest BCUT2D eigenvalue weighted by molar-refractivity contribution is 7.91. The minimum Gasteiger partial charge on any atom is -0.470 e. The number of nitrogens with zero attached hydrogens (tertiary/aromatic N) is 4. The van der Waals surface area contributed by atoms with E-state index in [0.717, 1.165) is 55.2 Å². The molecule has 0 bridgehead atoms. The molecule has 9 rings (SSSR count). The molecule has 0 spiro atoms. The van der Waals surface area contributed by atoms with Crippen molar-refractivity contribution in [3.8, 4) is 17.3 Å². The van der Waals surface area contributed by atoms with Crippen LogP contribution < -0.4 is 25.0 Å². The average molecular weight is 868 g/mol. The van der Waals surface area contributed by atoms with Crippen molar-refractivity contribution in [2.45, 2.75) is 119 Å². The Morgan fingerprint density at radius 3 is 2.45 bits per heavy atom. The molecule has 0 unspecified atom stereocenters. The molecule has 3 aliphatic carbocycles. The number of para-hydroxylation sites is 1. The van der Waals surface area contributed by atoms with Gasteiger partial charge >= 0.3 is 6.09 Å². The molecule has 328 valence electrons. The summed E-state index contributed by atoms with van der Waals surface area (Å²) in [5.74, 6) is -1.86. The van der Waals surface area contributed by atoms with Gasteiger partial charge in [-0.1, -0.05) is 37.1 Å². The van der Waals surface area contributed by atoms with E-state index >= 15 is 0 Å². The van der Waals surface area contributed by atoms with Gasteiger partial charge < -0.3 is 34.3 Å². The van der Waals surface area contributed by atoms with E-state index in [4.69, 9.17) is 23.9 Å². The Morgan fingerprint density at radius 2 is 1.69 bits per heavy atom. The van der Waals surface area contributed by atoms with Crippen LogP contribution in [0, 0.1) is 5.92 Å². The third-order valence-corrected chi connectivity index (χ3v) is 14.6. The number of carbonyl (C=O) groups excluding carboxylic acids is 4. The molecule has 4 aromatic rings. The summed E-state index contributed by atoms with van der Waals surface area (Å²) < 4.78 is 46.9. The van der Waals surface area contributed by atoms with E-state index in [1.54, 1.807) is 0 Å². The van der Waals surface area contributed by atoms with Crippen LogP contribution in [-0.2, 0) is 29.1 Å². The second-order valence-electron chi connectivity index (χ2n) is 17.6. The molecule has 5 atom stereocenters. The number of nitrogens with one attached hydrogen (secondary N) is 3. The largest absolute Gasteiger partial charge is 0.470 e. The smallest absolute Gasteiger partial charge is 0.408 e. The van der Waals surface area contributed by atoms with Crippen LogP contribution in [0.25, 0.3) is 33.5 Å². The third kappa shape index (κ3) is 8.55. The lowest BCUT2D eigenvalue weighted by Gasteiger charge is -2.30. The van der Waals surface area contributed by atoms with Gasteiger partial charge in [0.25, 0.3) is 11.8 Å². The van der Waals surface area contributed by atoms with Gasteiger partial charge in [-0.3, -0.25) is 19.1 Å². The van der Waals surface area contributed by atoms with Crippen LogP contribution >= 0.6 is 0 Å². The number of ether oxygens (including phenoxy) is 2. The second-order valence-corrected chi connectivity index (χ2v) is 19.5. The fourth-order valence-corrected chi connectivity index (χ4v) is 10.4. The van der Waals surface area contributed by atoms with E-state index < -0.39 is 68.7 Å². The molecule has 2 aromatic heterocycles. The SMILES string of the molecule is CN(C)c1ccc(-c2nc(O[C@@H]3C[C@H]4C(=O)N[C@]5(C(=O)NS(=O)(=O)C6CC6)C[C@@H]5/C=C\CCCCC[C@H](NC(=O)OC5CCCC5)C(=O)N4C3)c3oc4ccccc4c3n2)cc1. The molecule has 4 fully saturated rings. The number of sulfonamides is 1. The van der Waals surface area contributed by atoms with Crippen molar-refractivity contribution in [1.82, 2.24) is 30.2 Å². The summed E-state index contributed by atoms with van der Waals surface area (Å²) in [6.07, 6.45) is 9.86. The minimum atomic E-state index is -3.92. The molecule has 2 aromatic carbocycles. The third-order valence-electron chi connectivity index (χ3n) is 12.8. The van der Waals surface area contributed by atoms with Crippen LogP contribution in [0.2, 0.25) is 0 Å². The summed E-state index contributed by atoms with van der Waals surface area (Å²) in [6, 6.07) is 13.1. The first-order chi connectivity index (χ1) is 29.9. The van der Waals surface area contributed by atoms with E-state index in [-0.39, 0.29) is 31.4 Å². The van der Waals surface area contributed by atoms with Gasteiger partial charge in [0, 0.05) is 43.1 Å². The number of hydrogen-bond acceptors (Lipinski definition) is 12. The number of amides is 4. The summed E-state index contributed by atoms with van der Waals surface area (Å²) in [5, 5.41) is 5.86. The molecule has 3 saturated carbocycles. The highest BCUT2D eigenvalue weighted by atomic mass is 32.2. The highest BCUT2D eigenvalue weighted by Gasteiger charge is 2.62. The number of fused-ring (bicyclic) bond motifs is 5. The van der Waals surface area contributed by atoms with E-state index in [0.29, 0.717) is 54.6 Å². The fraction of sp³-hybridized carbons (Fsp3) is 0.511. The number of rotatable bonds is 9. The lowest BCUT2D eigenvalue weighted by molar-refractivity contribution is -0.141. The topological polar surface area (TPSA) is 202 Å². The molecular formula is C45H53N7O9S. The Morgan fingerprint density at radius 1 is 0.935 bits per heavy atom. The number of alkyl carbamates (subject to hydrolysis) is 1. The van der Waals surface area contributed by atoms with Gasteiger partial charge in [0.15, 0.2) is 5.82 Å². The molecule has 16 nitrogen and oxygen atoms in total. The van der Waals surface area contributed by atoms with Gasteiger partial charge in [-0.15, -0.1) is 0 Å². The average Bonchev–Trinajstić information content (AvgIpc) is 4.06. The number of benzene rings is 2. The van der Waals surface area contributed by atoms with E-state index in [9.17, 15) is 27.6 Å². The maximum absolute atomic E-state index is 14.8. The van der Waals surface area contributed by atoms with Crippen LogP contribution in [0.3, 0.4) is 0 Å². The number of carbonyl (C=O) groups is 4. The van der Waals surface area contributed by atoms with Crippen molar-refractivity contribution in [1.29, 1.82) is 0 Å². The number of aromatic nitrogens is 2. The Hall–Kier alpha value is -5.71. The van der Waals surface area contributed by atoms with Crippen molar-refractivity contribution < 1.29 is 41.5 Å². The Bertz CT molecular complexity index is 2520. The van der Waals surface area contributed by atoms with E-state index in [2.05, 4.69) is 15.4 Å². The monoisotopic (exact) mass is 867 g/mol. The lowest BCUT2D eigenvalue weighted by Crippen LogP contribution is -2.58. The predicted octanol–water partition coefficient (Wildman–Crippen LogP) is 5.50. The standard InChI is InChI=1S/C45H53N7O9S/c1-51(2)29-20-18-27(19-21-29)39-47-37-33-15-10-11-17-36(33)61-38(37)41(48-39)59-31-24-35-40(53)49-45(43(55)50-62(57,58)32-22-23-32)25-28(45)12-6-4-3-5-7-16-34(42(54)52(35)26-31)46-44(56)60-30-13-8-9-14-30/h6,10-12,15,17-21,28,30-32,34-35H,3-5,7-9,13-14,16,22-26H2,1-2H3,(H,46,56)(H,49,53)(H,50,55)/b12-6-/t28-,31+,34-,35-,45+/m0/s1. The molecule has 0 radical (unpaired) electrons. The Balaban J connectivity index is 1.05. The number of hydrogen-bond donors (Lipinski definition) is 3. The Labute approximate surface area is 360 Å². The molecule has 4 amide bonds. The minimum absolute atomic E-state index is 0.00597. The first-order valence-electron chi connectivity index (χ1n) is 21.8. The summed E-state index contributed by atoms with van der Waals surface area (Å²) in [5.41, 5.74) is 1.61. The van der Waals surface area contributed by atoms with Gasteiger partial charge in [-0.25, -0.2) is 18.2 Å². The van der Waals surface area contributed by atoms with Gasteiger partial charge in [0.05, 0.1) is 11.8 Å². The molecule has 2 aliphatic heterocycles. The van der Waals surface area contributed by atoms with Crippen molar-refractivity contribution >= 4 is 61.6 Å². The summed E-state index contributed by atoms with van der Waals surface area (Å²) >= 11 is 0. The summed E-state index contributed by atoms with van der Waals surface area (Å²) in [6.45, 7) is -0.0655. The van der Waals surface area contributed by atoms with E-state index in [1.807, 2.05) is 79.7 Å². The zero-order chi connectivity index (χ0) is 43.2. The summed E-state index contributed by atoms with van der Waals surface area (Å²) in [4.78, 5) is 69.8. The predicted molar refractivity (Wildman–Crippen MR) is 231 cm³/mol. The normalized spacial score (nSPS) is 26.5. The molecule has 1 saturated heterocycles. The second kappa shape index (κ2) is 16.9. The van der Waals surface area contributed by atoms with Crippen molar-refractivity contribution in [2.24, 2.45) is 5.92 Å². The molecule has 62 heavy (non-hydrogen) atoms. The molecule has 5 aliphatic rings. The molecule has 17 heteroatoms. The van der Waals surface area contributed by atoms with Gasteiger partial charge in [0.1, 0.15) is 40.9 Å². The van der Waals surface area contributed by atoms with Gasteiger partial charge in [0.2, 0.25) is 27.4 Å². The van der Waals surface area contributed by atoms with Crippen LogP contribution in [0.15, 0.2) is 65.1 Å². The maximum Gasteiger partial charge on any atom is 0.408 e. The molecule has 4 heterocycles. The molecular weight excluding hydrogens is 815 g/mol. The maximum atomic E-state index is 14.8. The van der Waals surface area contributed by atoms with Crippen molar-refractivity contribution in [2.75, 3.05) is 25.5 Å². The summed E-state index contributed by atoms with van der Waals surface area (Å²) in [7, 11) is -0.0102. The van der Waals surface area contributed by atoms with Crippen LogP contribution in [0.4, 0.5) is 10.5 Å². The van der Waals surface area contributed by atoms with Gasteiger partial charge in [-0.2, -0.15) is 4.98 Å². The number of furan rings is 1. The lowest BCUT2D eigenvalue weighted by atomic mass is 10.0. The van der Waals surface area contributed by atoms with Crippen LogP contribution in [0.1, 0.15) is 83.5 Å². The quantitative estimate of drug-likeness (QED) is 0.179. The van der Waals surface area contributed by atoms with Crippen molar-refractivity contribution in [3.05, 3.63) is 60.7 Å². The first kappa shape index (κ1) is 41.6. The van der Waals surface area contributed by atoms with Gasteiger partial charge in [-0.05, 0) is 101 Å². The zero-order valence-corrected chi connectivity index (χ0v) is 35.8.